The number of hydrogen-bond acceptors (Lipinski definition) is 6. The SMILES string of the molecule is O=C([O-])Cn1cnc2c(Cl)nc(Nc3ccccc3)nc21. The molecule has 3 rings (SSSR count). The molecule has 0 aliphatic rings. The molecule has 0 spiro atoms. The highest BCUT2D eigenvalue weighted by Gasteiger charge is 2.12. The van der Waals surface area contributed by atoms with Gasteiger partial charge in [-0.3, -0.25) is 0 Å². The predicted molar refractivity (Wildman–Crippen MR) is 75.1 cm³/mol. The highest BCUT2D eigenvalue weighted by molar-refractivity contribution is 6.33. The van der Waals surface area contributed by atoms with Crippen molar-refractivity contribution in [3.8, 4) is 0 Å². The first-order valence-corrected chi connectivity index (χ1v) is 6.41. The van der Waals surface area contributed by atoms with E-state index in [-0.39, 0.29) is 17.6 Å². The van der Waals surface area contributed by atoms with Crippen LogP contribution in [-0.2, 0) is 11.3 Å². The third kappa shape index (κ3) is 2.77. The standard InChI is InChI=1S/C13H10ClN5O2/c14-11-10-12(19(7-15-10)6-9(20)21)18-13(17-11)16-8-4-2-1-3-5-8/h1-5,7H,6H2,(H,20,21)(H,16,17,18)/p-1. The number of nitrogens with zero attached hydrogens (tertiary/aromatic N) is 4. The predicted octanol–water partition coefficient (Wildman–Crippen LogP) is 0.973. The summed E-state index contributed by atoms with van der Waals surface area (Å²) in [5.74, 6) is -0.972. The molecule has 21 heavy (non-hydrogen) atoms. The molecule has 1 N–H and O–H groups in total. The summed E-state index contributed by atoms with van der Waals surface area (Å²) in [6, 6.07) is 9.31. The van der Waals surface area contributed by atoms with Crippen LogP contribution in [0.15, 0.2) is 36.7 Å². The number of halogens is 1. The largest absolute Gasteiger partial charge is 0.548 e. The summed E-state index contributed by atoms with van der Waals surface area (Å²) in [5.41, 5.74) is 1.47. The van der Waals surface area contributed by atoms with Crippen molar-refractivity contribution >= 4 is 40.4 Å². The molecule has 0 unspecified atom stereocenters. The number of carboxylic acids is 1. The fourth-order valence-electron chi connectivity index (χ4n) is 1.87. The number of carboxylic acid groups (broad SMARTS) is 1. The van der Waals surface area contributed by atoms with Crippen LogP contribution >= 0.6 is 11.6 Å². The van der Waals surface area contributed by atoms with Gasteiger partial charge in [0.2, 0.25) is 5.95 Å². The van der Waals surface area contributed by atoms with Crippen LogP contribution in [0.3, 0.4) is 0 Å². The number of imidazole rings is 1. The topological polar surface area (TPSA) is 95.8 Å². The fraction of sp³-hybridized carbons (Fsp3) is 0.0769. The summed E-state index contributed by atoms with van der Waals surface area (Å²) in [5, 5.41) is 13.9. The molecule has 106 valence electrons. The van der Waals surface area contributed by atoms with Crippen LogP contribution in [-0.4, -0.2) is 25.5 Å². The van der Waals surface area contributed by atoms with Crippen LogP contribution in [0.25, 0.3) is 11.2 Å². The molecule has 1 aromatic carbocycles. The van der Waals surface area contributed by atoms with Gasteiger partial charge in [-0.15, -0.1) is 0 Å². The number of fused-ring (bicyclic) bond motifs is 1. The molecule has 0 saturated heterocycles. The molecule has 0 aliphatic heterocycles. The first-order valence-electron chi connectivity index (χ1n) is 6.04. The normalized spacial score (nSPS) is 10.7. The van der Waals surface area contributed by atoms with Gasteiger partial charge < -0.3 is 19.8 Å². The van der Waals surface area contributed by atoms with Gasteiger partial charge in [-0.1, -0.05) is 29.8 Å². The molecule has 2 heterocycles. The summed E-state index contributed by atoms with van der Waals surface area (Å²) in [6.07, 6.45) is 1.34. The zero-order valence-electron chi connectivity index (χ0n) is 10.7. The Bertz CT molecular complexity index is 803. The van der Waals surface area contributed by atoms with E-state index >= 15 is 0 Å². The number of rotatable bonds is 4. The number of carbonyl (C=O) groups is 1. The number of nitrogens with one attached hydrogen (secondary N) is 1. The Morgan fingerprint density at radius 2 is 2.05 bits per heavy atom. The van der Waals surface area contributed by atoms with Gasteiger partial charge >= 0.3 is 0 Å². The Morgan fingerprint density at radius 1 is 1.29 bits per heavy atom. The Balaban J connectivity index is 2.02. The van der Waals surface area contributed by atoms with Gasteiger partial charge in [0, 0.05) is 5.69 Å². The molecular weight excluding hydrogens is 294 g/mol. The average molecular weight is 303 g/mol. The second-order valence-corrected chi connectivity index (χ2v) is 4.60. The Morgan fingerprint density at radius 3 is 2.76 bits per heavy atom. The fourth-order valence-corrected chi connectivity index (χ4v) is 2.08. The minimum absolute atomic E-state index is 0.149. The average Bonchev–Trinajstić information content (AvgIpc) is 2.83. The summed E-state index contributed by atoms with van der Waals surface area (Å²) in [7, 11) is 0. The van der Waals surface area contributed by atoms with E-state index in [4.69, 9.17) is 11.6 Å². The van der Waals surface area contributed by atoms with Gasteiger partial charge in [0.15, 0.2) is 10.8 Å². The van der Waals surface area contributed by atoms with E-state index in [9.17, 15) is 9.90 Å². The molecule has 0 radical (unpaired) electrons. The van der Waals surface area contributed by atoms with Crippen LogP contribution in [0.2, 0.25) is 5.15 Å². The first-order chi connectivity index (χ1) is 10.1. The maximum Gasteiger partial charge on any atom is 0.230 e. The van der Waals surface area contributed by atoms with Crippen molar-refractivity contribution in [3.05, 3.63) is 41.8 Å². The van der Waals surface area contributed by atoms with Crippen LogP contribution in [0.5, 0.6) is 0 Å². The molecule has 0 amide bonds. The van der Waals surface area contributed by atoms with Crippen molar-refractivity contribution < 1.29 is 9.90 Å². The first kappa shape index (κ1) is 13.3. The number of aromatic nitrogens is 4. The van der Waals surface area contributed by atoms with Crippen molar-refractivity contribution in [1.82, 2.24) is 19.5 Å². The van der Waals surface area contributed by atoms with E-state index in [0.717, 1.165) is 5.69 Å². The van der Waals surface area contributed by atoms with E-state index in [0.29, 0.717) is 11.2 Å². The molecule has 2 aromatic heterocycles. The molecule has 8 heteroatoms. The van der Waals surface area contributed by atoms with Crippen molar-refractivity contribution in [2.24, 2.45) is 0 Å². The van der Waals surface area contributed by atoms with Crippen LogP contribution in [0.4, 0.5) is 11.6 Å². The van der Waals surface area contributed by atoms with Gasteiger partial charge in [-0.25, -0.2) is 4.98 Å². The molecule has 0 atom stereocenters. The maximum absolute atomic E-state index is 10.7. The highest BCUT2D eigenvalue weighted by Crippen LogP contribution is 2.22. The summed E-state index contributed by atoms with van der Waals surface area (Å²) < 4.78 is 1.34. The number of benzene rings is 1. The maximum atomic E-state index is 10.7. The van der Waals surface area contributed by atoms with Gasteiger partial charge in [0.1, 0.15) is 5.52 Å². The second-order valence-electron chi connectivity index (χ2n) is 4.25. The van der Waals surface area contributed by atoms with Gasteiger partial charge in [-0.05, 0) is 12.1 Å². The summed E-state index contributed by atoms with van der Waals surface area (Å²) >= 11 is 6.05. The lowest BCUT2D eigenvalue weighted by atomic mass is 10.3. The molecule has 3 aromatic rings. The Labute approximate surface area is 124 Å². The van der Waals surface area contributed by atoms with Crippen molar-refractivity contribution in [2.75, 3.05) is 5.32 Å². The third-order valence-electron chi connectivity index (χ3n) is 2.75. The highest BCUT2D eigenvalue weighted by atomic mass is 35.5. The van der Waals surface area contributed by atoms with Gasteiger partial charge in [0.25, 0.3) is 0 Å². The molecule has 0 bridgehead atoms. The van der Waals surface area contributed by atoms with Crippen LogP contribution in [0, 0.1) is 0 Å². The van der Waals surface area contributed by atoms with Crippen molar-refractivity contribution in [3.63, 3.8) is 0 Å². The zero-order valence-corrected chi connectivity index (χ0v) is 11.4. The van der Waals surface area contributed by atoms with E-state index in [1.165, 1.54) is 10.9 Å². The van der Waals surface area contributed by atoms with E-state index < -0.39 is 5.97 Å². The number of carbonyl (C=O) groups excluding carboxylic acids is 1. The lowest BCUT2D eigenvalue weighted by molar-refractivity contribution is -0.306. The molecule has 7 nitrogen and oxygen atoms in total. The quantitative estimate of drug-likeness (QED) is 0.722. The van der Waals surface area contributed by atoms with E-state index in [2.05, 4.69) is 20.3 Å². The van der Waals surface area contributed by atoms with Crippen molar-refractivity contribution in [1.29, 1.82) is 0 Å². The Hall–Kier alpha value is -2.67. The minimum atomic E-state index is -1.23. The number of hydrogen-bond donors (Lipinski definition) is 1. The van der Waals surface area contributed by atoms with Crippen molar-refractivity contribution in [2.45, 2.75) is 6.54 Å². The lowest BCUT2D eigenvalue weighted by Gasteiger charge is -2.07. The Kier molecular flexibility index (Phi) is 3.41. The lowest BCUT2D eigenvalue weighted by Crippen LogP contribution is -2.27. The summed E-state index contributed by atoms with van der Waals surface area (Å²) in [6.45, 7) is -0.353. The monoisotopic (exact) mass is 302 g/mol. The number of para-hydroxylation sites is 1. The molecule has 0 fully saturated rings. The van der Waals surface area contributed by atoms with Gasteiger partial charge in [-0.2, -0.15) is 9.97 Å². The minimum Gasteiger partial charge on any atom is -0.548 e. The van der Waals surface area contributed by atoms with Crippen LogP contribution < -0.4 is 10.4 Å². The van der Waals surface area contributed by atoms with Gasteiger partial charge in [0.05, 0.1) is 18.8 Å². The van der Waals surface area contributed by atoms with E-state index in [1.807, 2.05) is 30.3 Å². The second kappa shape index (κ2) is 5.37. The molecule has 0 saturated carbocycles. The summed E-state index contributed by atoms with van der Waals surface area (Å²) in [4.78, 5) is 23.1. The zero-order chi connectivity index (χ0) is 14.8. The van der Waals surface area contributed by atoms with Crippen LogP contribution in [0.1, 0.15) is 0 Å². The van der Waals surface area contributed by atoms with E-state index in [1.54, 1.807) is 0 Å². The smallest absolute Gasteiger partial charge is 0.230 e. The number of aliphatic carboxylic acids is 1. The third-order valence-corrected chi connectivity index (χ3v) is 3.01. The molecular formula is C13H9ClN5O2-. The molecule has 0 aliphatic carbocycles. The number of anilines is 2.